The van der Waals surface area contributed by atoms with Crippen molar-refractivity contribution in [2.24, 2.45) is 0 Å². The van der Waals surface area contributed by atoms with Crippen molar-refractivity contribution >= 4 is 15.9 Å². The molecule has 0 aliphatic heterocycles. The van der Waals surface area contributed by atoms with Crippen LogP contribution in [0.2, 0.25) is 0 Å². The third kappa shape index (κ3) is 5.67. The van der Waals surface area contributed by atoms with Gasteiger partial charge >= 0.3 is 0 Å². The van der Waals surface area contributed by atoms with E-state index < -0.39 is 0 Å². The van der Waals surface area contributed by atoms with E-state index in [0.717, 1.165) is 35.6 Å². The van der Waals surface area contributed by atoms with Gasteiger partial charge in [0.1, 0.15) is 11.5 Å². The summed E-state index contributed by atoms with van der Waals surface area (Å²) < 4.78 is 6.93. The molecule has 0 N–H and O–H groups in total. The Hall–Kier alpha value is -1.32. The average Bonchev–Trinajstić information content (AvgIpc) is 2.58. The maximum Gasteiger partial charge on any atom is 0.127 e. The quantitative estimate of drug-likeness (QED) is 0.554. The van der Waals surface area contributed by atoms with Crippen LogP contribution in [0.3, 0.4) is 0 Å². The first-order valence-corrected chi connectivity index (χ1v) is 9.17. The highest BCUT2D eigenvalue weighted by Gasteiger charge is 2.08. The SMILES string of the molecule is CCN(CC)CCC(C)c1ccc(Oc2ccc(Br)cc2)cc1. The first-order valence-electron chi connectivity index (χ1n) is 8.38. The topological polar surface area (TPSA) is 12.5 Å². The zero-order valence-electron chi connectivity index (χ0n) is 14.3. The summed E-state index contributed by atoms with van der Waals surface area (Å²) in [4.78, 5) is 2.47. The van der Waals surface area contributed by atoms with Gasteiger partial charge in [0.25, 0.3) is 0 Å². The number of hydrogen-bond acceptors (Lipinski definition) is 2. The van der Waals surface area contributed by atoms with Crippen molar-refractivity contribution in [2.45, 2.75) is 33.1 Å². The molecule has 0 heterocycles. The van der Waals surface area contributed by atoms with Crippen molar-refractivity contribution in [1.82, 2.24) is 4.90 Å². The van der Waals surface area contributed by atoms with E-state index in [-0.39, 0.29) is 0 Å². The molecule has 0 spiro atoms. The monoisotopic (exact) mass is 375 g/mol. The molecule has 2 aromatic rings. The van der Waals surface area contributed by atoms with E-state index in [4.69, 9.17) is 4.74 Å². The molecule has 0 bridgehead atoms. The van der Waals surface area contributed by atoms with Gasteiger partial charge in [0.05, 0.1) is 0 Å². The molecule has 0 saturated carbocycles. The maximum absolute atomic E-state index is 5.87. The van der Waals surface area contributed by atoms with Crippen LogP contribution in [0.25, 0.3) is 0 Å². The highest BCUT2D eigenvalue weighted by atomic mass is 79.9. The van der Waals surface area contributed by atoms with E-state index in [1.54, 1.807) is 0 Å². The minimum atomic E-state index is 0.567. The average molecular weight is 376 g/mol. The molecule has 0 saturated heterocycles. The van der Waals surface area contributed by atoms with Gasteiger partial charge in [-0.25, -0.2) is 0 Å². The number of nitrogens with zero attached hydrogens (tertiary/aromatic N) is 1. The van der Waals surface area contributed by atoms with Crippen molar-refractivity contribution in [3.8, 4) is 11.5 Å². The van der Waals surface area contributed by atoms with E-state index in [2.05, 4.69) is 65.9 Å². The second-order valence-corrected chi connectivity index (χ2v) is 6.76. The van der Waals surface area contributed by atoms with Gasteiger partial charge in [-0.1, -0.05) is 48.8 Å². The van der Waals surface area contributed by atoms with Crippen LogP contribution in [0.15, 0.2) is 53.0 Å². The van der Waals surface area contributed by atoms with Gasteiger partial charge in [0, 0.05) is 4.47 Å². The van der Waals surface area contributed by atoms with E-state index in [1.165, 1.54) is 12.0 Å². The van der Waals surface area contributed by atoms with E-state index >= 15 is 0 Å². The summed E-state index contributed by atoms with van der Waals surface area (Å²) in [5.41, 5.74) is 1.38. The molecule has 2 aromatic carbocycles. The lowest BCUT2D eigenvalue weighted by Crippen LogP contribution is -2.24. The smallest absolute Gasteiger partial charge is 0.127 e. The molecule has 0 fully saturated rings. The fourth-order valence-electron chi connectivity index (χ4n) is 2.59. The summed E-state index contributed by atoms with van der Waals surface area (Å²) in [6, 6.07) is 16.4. The molecule has 23 heavy (non-hydrogen) atoms. The van der Waals surface area contributed by atoms with Crippen molar-refractivity contribution in [3.05, 3.63) is 58.6 Å². The lowest BCUT2D eigenvalue weighted by atomic mass is 9.97. The second kappa shape index (κ2) is 9.09. The first kappa shape index (κ1) is 18.0. The summed E-state index contributed by atoms with van der Waals surface area (Å²) in [7, 11) is 0. The Balaban J connectivity index is 1.92. The third-order valence-electron chi connectivity index (χ3n) is 4.27. The van der Waals surface area contributed by atoms with Crippen LogP contribution in [0.1, 0.15) is 38.7 Å². The van der Waals surface area contributed by atoms with Crippen molar-refractivity contribution in [2.75, 3.05) is 19.6 Å². The fraction of sp³-hybridized carbons (Fsp3) is 0.400. The second-order valence-electron chi connectivity index (χ2n) is 5.84. The van der Waals surface area contributed by atoms with Crippen LogP contribution in [0, 0.1) is 0 Å². The highest BCUT2D eigenvalue weighted by molar-refractivity contribution is 9.10. The molecular weight excluding hydrogens is 350 g/mol. The Labute approximate surface area is 148 Å². The molecule has 3 heteroatoms. The van der Waals surface area contributed by atoms with Gasteiger partial charge in [0.15, 0.2) is 0 Å². The van der Waals surface area contributed by atoms with Gasteiger partial charge in [-0.2, -0.15) is 0 Å². The van der Waals surface area contributed by atoms with Gasteiger partial charge in [-0.05, 0) is 73.9 Å². The molecule has 124 valence electrons. The normalized spacial score (nSPS) is 12.4. The summed E-state index contributed by atoms with van der Waals surface area (Å²) in [6.07, 6.45) is 1.19. The van der Waals surface area contributed by atoms with Gasteiger partial charge < -0.3 is 9.64 Å². The molecule has 1 atom stereocenters. The maximum atomic E-state index is 5.87. The van der Waals surface area contributed by atoms with Crippen LogP contribution in [0.4, 0.5) is 0 Å². The lowest BCUT2D eigenvalue weighted by Gasteiger charge is -2.20. The Bertz CT molecular complexity index is 576. The molecule has 2 nitrogen and oxygen atoms in total. The van der Waals surface area contributed by atoms with Crippen molar-refractivity contribution in [3.63, 3.8) is 0 Å². The van der Waals surface area contributed by atoms with Gasteiger partial charge in [0.2, 0.25) is 0 Å². The summed E-state index contributed by atoms with van der Waals surface area (Å²) in [6.45, 7) is 10.2. The van der Waals surface area contributed by atoms with Crippen LogP contribution >= 0.6 is 15.9 Å². The number of halogens is 1. The Kier molecular flexibility index (Phi) is 7.13. The van der Waals surface area contributed by atoms with E-state index in [0.29, 0.717) is 5.92 Å². The molecule has 2 rings (SSSR count). The van der Waals surface area contributed by atoms with Crippen molar-refractivity contribution in [1.29, 1.82) is 0 Å². The predicted molar refractivity (Wildman–Crippen MR) is 101 cm³/mol. The lowest BCUT2D eigenvalue weighted by molar-refractivity contribution is 0.292. The first-order chi connectivity index (χ1) is 11.1. The molecule has 0 amide bonds. The number of hydrogen-bond donors (Lipinski definition) is 0. The van der Waals surface area contributed by atoms with Crippen LogP contribution < -0.4 is 4.74 Å². The Morgan fingerprint density at radius 2 is 1.43 bits per heavy atom. The number of ether oxygens (including phenoxy) is 1. The van der Waals surface area contributed by atoms with Crippen LogP contribution in [0.5, 0.6) is 11.5 Å². The number of rotatable bonds is 8. The molecular formula is C20H26BrNO. The standard InChI is InChI=1S/C20H26BrNO/c1-4-22(5-2)15-14-16(3)17-6-10-19(11-7-17)23-20-12-8-18(21)9-13-20/h6-13,16H,4-5,14-15H2,1-3H3. The third-order valence-corrected chi connectivity index (χ3v) is 4.80. The van der Waals surface area contributed by atoms with Gasteiger partial charge in [-0.15, -0.1) is 0 Å². The van der Waals surface area contributed by atoms with E-state index in [1.807, 2.05) is 24.3 Å². The molecule has 0 radical (unpaired) electrons. The van der Waals surface area contributed by atoms with Crippen molar-refractivity contribution < 1.29 is 4.74 Å². The van der Waals surface area contributed by atoms with Crippen LogP contribution in [-0.4, -0.2) is 24.5 Å². The molecule has 1 unspecified atom stereocenters. The number of benzene rings is 2. The summed E-state index contributed by atoms with van der Waals surface area (Å²) >= 11 is 3.43. The zero-order chi connectivity index (χ0) is 16.7. The van der Waals surface area contributed by atoms with Gasteiger partial charge in [-0.3, -0.25) is 0 Å². The molecule has 0 aromatic heterocycles. The van der Waals surface area contributed by atoms with E-state index in [9.17, 15) is 0 Å². The molecule has 0 aliphatic rings. The fourth-order valence-corrected chi connectivity index (χ4v) is 2.85. The molecule has 0 aliphatic carbocycles. The summed E-state index contributed by atoms with van der Waals surface area (Å²) in [5, 5.41) is 0. The largest absolute Gasteiger partial charge is 0.457 e. The zero-order valence-corrected chi connectivity index (χ0v) is 15.8. The minimum absolute atomic E-state index is 0.567. The Morgan fingerprint density at radius 3 is 1.96 bits per heavy atom. The predicted octanol–water partition coefficient (Wildman–Crippen LogP) is 6.08. The van der Waals surface area contributed by atoms with Crippen LogP contribution in [-0.2, 0) is 0 Å². The Morgan fingerprint density at radius 1 is 0.913 bits per heavy atom. The minimum Gasteiger partial charge on any atom is -0.457 e. The summed E-state index contributed by atoms with van der Waals surface area (Å²) in [5.74, 6) is 2.31. The highest BCUT2D eigenvalue weighted by Crippen LogP contribution is 2.26.